The number of rotatable bonds is 4. The highest BCUT2D eigenvalue weighted by Gasteiger charge is 2.36. The summed E-state index contributed by atoms with van der Waals surface area (Å²) in [4.78, 5) is 11.7. The topological polar surface area (TPSA) is 37.3 Å². The largest absolute Gasteiger partial charge is 0.481 e. The van der Waals surface area contributed by atoms with Gasteiger partial charge >= 0.3 is 5.97 Å². The molecule has 2 rings (SSSR count). The van der Waals surface area contributed by atoms with Gasteiger partial charge in [0.2, 0.25) is 0 Å². The Balaban J connectivity index is 2.46. The van der Waals surface area contributed by atoms with E-state index in [1.54, 1.807) is 49.4 Å². The van der Waals surface area contributed by atoms with Gasteiger partial charge in [0.1, 0.15) is 5.82 Å². The van der Waals surface area contributed by atoms with E-state index in [1.807, 2.05) is 0 Å². The second-order valence-corrected chi connectivity index (χ2v) is 5.35. The number of hydrogen-bond acceptors (Lipinski definition) is 1. The van der Waals surface area contributed by atoms with Crippen LogP contribution in [0.3, 0.4) is 0 Å². The molecule has 1 unspecified atom stereocenters. The first kappa shape index (κ1) is 14.5. The molecular weight excluding hydrogens is 279 g/mol. The maximum Gasteiger partial charge on any atom is 0.314 e. The minimum absolute atomic E-state index is 0.0648. The molecule has 0 spiro atoms. The molecule has 0 amide bonds. The molecule has 0 aliphatic heterocycles. The molecule has 104 valence electrons. The molecule has 1 N–H and O–H groups in total. The lowest BCUT2D eigenvalue weighted by molar-refractivity contribution is -0.143. The average Bonchev–Trinajstić information content (AvgIpc) is 2.41. The fourth-order valence-electron chi connectivity index (χ4n) is 2.16. The summed E-state index contributed by atoms with van der Waals surface area (Å²) in [6.07, 6.45) is 0.0648. The predicted molar refractivity (Wildman–Crippen MR) is 76.5 cm³/mol. The van der Waals surface area contributed by atoms with Gasteiger partial charge in [-0.1, -0.05) is 41.9 Å². The number of benzene rings is 2. The lowest BCUT2D eigenvalue weighted by atomic mass is 9.77. The summed E-state index contributed by atoms with van der Waals surface area (Å²) in [7, 11) is 0. The highest BCUT2D eigenvalue weighted by molar-refractivity contribution is 6.30. The van der Waals surface area contributed by atoms with Gasteiger partial charge in [-0.05, 0) is 42.7 Å². The van der Waals surface area contributed by atoms with Gasteiger partial charge in [-0.3, -0.25) is 4.79 Å². The Morgan fingerprint density at radius 1 is 1.25 bits per heavy atom. The van der Waals surface area contributed by atoms with Gasteiger partial charge < -0.3 is 5.11 Å². The average molecular weight is 293 g/mol. The van der Waals surface area contributed by atoms with Crippen molar-refractivity contribution in [2.45, 2.75) is 18.8 Å². The zero-order valence-corrected chi connectivity index (χ0v) is 11.7. The normalized spacial score (nSPS) is 13.8. The number of carboxylic acids is 1. The van der Waals surface area contributed by atoms with Gasteiger partial charge in [-0.15, -0.1) is 0 Å². The van der Waals surface area contributed by atoms with E-state index in [1.165, 1.54) is 6.07 Å². The lowest BCUT2D eigenvalue weighted by Crippen LogP contribution is -2.35. The molecule has 1 atom stereocenters. The van der Waals surface area contributed by atoms with E-state index in [-0.39, 0.29) is 6.42 Å². The molecular formula is C16H14ClFO2. The minimum Gasteiger partial charge on any atom is -0.481 e. The molecule has 0 heterocycles. The van der Waals surface area contributed by atoms with Crippen LogP contribution in [0.25, 0.3) is 0 Å². The molecule has 2 nitrogen and oxygen atoms in total. The molecule has 0 bridgehead atoms. The van der Waals surface area contributed by atoms with E-state index in [4.69, 9.17) is 11.6 Å². The van der Waals surface area contributed by atoms with Gasteiger partial charge in [0.25, 0.3) is 0 Å². The highest BCUT2D eigenvalue weighted by Crippen LogP contribution is 2.31. The molecule has 0 radical (unpaired) electrons. The van der Waals surface area contributed by atoms with Crippen molar-refractivity contribution in [2.24, 2.45) is 0 Å². The lowest BCUT2D eigenvalue weighted by Gasteiger charge is -2.26. The first-order chi connectivity index (χ1) is 9.43. The van der Waals surface area contributed by atoms with Crippen molar-refractivity contribution in [3.63, 3.8) is 0 Å². The summed E-state index contributed by atoms with van der Waals surface area (Å²) in [6.45, 7) is 1.58. The second-order valence-electron chi connectivity index (χ2n) is 4.92. The Kier molecular flexibility index (Phi) is 4.09. The number of carbonyl (C=O) groups is 1. The van der Waals surface area contributed by atoms with Crippen molar-refractivity contribution >= 4 is 17.6 Å². The van der Waals surface area contributed by atoms with Crippen LogP contribution in [0, 0.1) is 5.82 Å². The molecule has 0 aliphatic carbocycles. The summed E-state index contributed by atoms with van der Waals surface area (Å²) in [5.74, 6) is -1.41. The molecule has 2 aromatic carbocycles. The van der Waals surface area contributed by atoms with E-state index >= 15 is 0 Å². The monoisotopic (exact) mass is 292 g/mol. The maximum absolute atomic E-state index is 13.8. The molecule has 0 saturated heterocycles. The number of aliphatic carboxylic acids is 1. The number of hydrogen-bond donors (Lipinski definition) is 1. The predicted octanol–water partition coefficient (Wildman–Crippen LogP) is 4.06. The first-order valence-corrected chi connectivity index (χ1v) is 6.54. The van der Waals surface area contributed by atoms with Gasteiger partial charge in [0.05, 0.1) is 5.41 Å². The summed E-state index contributed by atoms with van der Waals surface area (Å²) >= 11 is 5.92. The molecule has 0 saturated carbocycles. The Hall–Kier alpha value is -1.87. The third-order valence-electron chi connectivity index (χ3n) is 3.44. The number of carboxylic acid groups (broad SMARTS) is 1. The van der Waals surface area contributed by atoms with Crippen LogP contribution in [0.1, 0.15) is 18.1 Å². The van der Waals surface area contributed by atoms with Crippen LogP contribution in [0.4, 0.5) is 4.39 Å². The van der Waals surface area contributed by atoms with Crippen molar-refractivity contribution in [3.8, 4) is 0 Å². The Bertz CT molecular complexity index is 642. The molecule has 2 aromatic rings. The zero-order chi connectivity index (χ0) is 14.8. The maximum atomic E-state index is 13.8. The van der Waals surface area contributed by atoms with E-state index in [2.05, 4.69) is 0 Å². The third kappa shape index (κ3) is 2.83. The van der Waals surface area contributed by atoms with E-state index in [9.17, 15) is 14.3 Å². The quantitative estimate of drug-likeness (QED) is 0.922. The molecule has 0 aliphatic rings. The van der Waals surface area contributed by atoms with E-state index in [0.29, 0.717) is 16.1 Å². The second kappa shape index (κ2) is 5.63. The fraction of sp³-hybridized carbons (Fsp3) is 0.188. The van der Waals surface area contributed by atoms with Crippen molar-refractivity contribution in [1.29, 1.82) is 0 Å². The summed E-state index contributed by atoms with van der Waals surface area (Å²) < 4.78 is 13.8. The third-order valence-corrected chi connectivity index (χ3v) is 3.67. The Morgan fingerprint density at radius 2 is 1.95 bits per heavy atom. The smallest absolute Gasteiger partial charge is 0.314 e. The van der Waals surface area contributed by atoms with Crippen LogP contribution in [0.15, 0.2) is 48.5 Å². The fourth-order valence-corrected chi connectivity index (χ4v) is 2.35. The van der Waals surface area contributed by atoms with Crippen LogP contribution in [-0.4, -0.2) is 11.1 Å². The first-order valence-electron chi connectivity index (χ1n) is 6.16. The summed E-state index contributed by atoms with van der Waals surface area (Å²) in [5, 5.41) is 10.0. The van der Waals surface area contributed by atoms with Gasteiger partial charge in [-0.25, -0.2) is 4.39 Å². The molecule has 20 heavy (non-hydrogen) atoms. The van der Waals surface area contributed by atoms with Crippen molar-refractivity contribution in [2.75, 3.05) is 0 Å². The SMILES string of the molecule is CC(Cc1ccccc1F)(C(=O)O)c1cccc(Cl)c1. The van der Waals surface area contributed by atoms with Crippen molar-refractivity contribution in [3.05, 3.63) is 70.5 Å². The summed E-state index contributed by atoms with van der Waals surface area (Å²) in [6, 6.07) is 12.9. The van der Waals surface area contributed by atoms with Crippen LogP contribution in [0.2, 0.25) is 5.02 Å². The van der Waals surface area contributed by atoms with E-state index in [0.717, 1.165) is 0 Å². The van der Waals surface area contributed by atoms with Gasteiger partial charge in [-0.2, -0.15) is 0 Å². The van der Waals surface area contributed by atoms with Crippen LogP contribution in [0.5, 0.6) is 0 Å². The molecule has 0 aromatic heterocycles. The van der Waals surface area contributed by atoms with Crippen LogP contribution < -0.4 is 0 Å². The van der Waals surface area contributed by atoms with Gasteiger partial charge in [0.15, 0.2) is 0 Å². The molecule has 0 fully saturated rings. The van der Waals surface area contributed by atoms with Gasteiger partial charge in [0, 0.05) is 5.02 Å². The standard InChI is InChI=1S/C16H14ClFO2/c1-16(15(19)20,12-6-4-7-13(17)9-12)10-11-5-2-3-8-14(11)18/h2-9H,10H2,1H3,(H,19,20). The van der Waals surface area contributed by atoms with Crippen LogP contribution >= 0.6 is 11.6 Å². The Morgan fingerprint density at radius 3 is 2.55 bits per heavy atom. The van der Waals surface area contributed by atoms with E-state index < -0.39 is 17.2 Å². The summed E-state index contributed by atoms with van der Waals surface area (Å²) in [5.41, 5.74) is -0.300. The Labute approximate surface area is 121 Å². The zero-order valence-electron chi connectivity index (χ0n) is 10.9. The highest BCUT2D eigenvalue weighted by atomic mass is 35.5. The molecule has 4 heteroatoms. The van der Waals surface area contributed by atoms with Crippen molar-refractivity contribution in [1.82, 2.24) is 0 Å². The minimum atomic E-state index is -1.23. The van der Waals surface area contributed by atoms with Crippen LogP contribution in [-0.2, 0) is 16.6 Å². The van der Waals surface area contributed by atoms with Crippen molar-refractivity contribution < 1.29 is 14.3 Å². The number of halogens is 2.